The first kappa shape index (κ1) is 18.9. The first-order chi connectivity index (χ1) is 12.7. The molecule has 1 aliphatic heterocycles. The standard InChI is InChI=1S/C17H16F2N4O3S/c1-3-17(2)14(25)23(16(26)22-17)7-13(24)21-15-20-12(8-27-15)9-4-5-10(18)11(19)6-9/h4-6,8H,3,7H2,1-2H3,(H,22,26)(H,20,21,24)/t17-/m0/s1. The van der Waals surface area contributed by atoms with Gasteiger partial charge in [-0.1, -0.05) is 6.92 Å². The number of carbonyl (C=O) groups excluding carboxylic acids is 3. The van der Waals surface area contributed by atoms with E-state index in [4.69, 9.17) is 0 Å². The van der Waals surface area contributed by atoms with Crippen molar-refractivity contribution in [3.05, 3.63) is 35.2 Å². The Morgan fingerprint density at radius 3 is 2.70 bits per heavy atom. The van der Waals surface area contributed by atoms with E-state index in [1.807, 2.05) is 0 Å². The second-order valence-electron chi connectivity index (χ2n) is 6.22. The van der Waals surface area contributed by atoms with Gasteiger partial charge in [-0.25, -0.2) is 18.6 Å². The average molecular weight is 394 g/mol. The van der Waals surface area contributed by atoms with Gasteiger partial charge in [0.1, 0.15) is 12.1 Å². The summed E-state index contributed by atoms with van der Waals surface area (Å²) in [5.41, 5.74) is -0.292. The summed E-state index contributed by atoms with van der Waals surface area (Å²) in [7, 11) is 0. The van der Waals surface area contributed by atoms with Crippen LogP contribution in [0.15, 0.2) is 23.6 Å². The zero-order valence-corrected chi connectivity index (χ0v) is 15.3. The first-order valence-corrected chi connectivity index (χ1v) is 8.96. The van der Waals surface area contributed by atoms with E-state index in [0.29, 0.717) is 17.7 Å². The fraction of sp³-hybridized carbons (Fsp3) is 0.294. The molecule has 27 heavy (non-hydrogen) atoms. The highest BCUT2D eigenvalue weighted by Gasteiger charge is 2.47. The van der Waals surface area contributed by atoms with Gasteiger partial charge in [-0.2, -0.15) is 0 Å². The number of carbonyl (C=O) groups is 3. The molecule has 0 aliphatic carbocycles. The molecule has 4 amide bonds. The van der Waals surface area contributed by atoms with Crippen LogP contribution in [0.25, 0.3) is 11.3 Å². The number of benzene rings is 1. The normalized spacial score (nSPS) is 19.3. The van der Waals surface area contributed by atoms with Crippen LogP contribution in [-0.4, -0.2) is 39.8 Å². The summed E-state index contributed by atoms with van der Waals surface area (Å²) in [6.07, 6.45) is 0.403. The number of anilines is 1. The molecule has 10 heteroatoms. The summed E-state index contributed by atoms with van der Waals surface area (Å²) in [6.45, 7) is 2.91. The van der Waals surface area contributed by atoms with Crippen LogP contribution in [0, 0.1) is 11.6 Å². The first-order valence-electron chi connectivity index (χ1n) is 8.08. The Labute approximate surface area is 157 Å². The topological polar surface area (TPSA) is 91.4 Å². The fourth-order valence-corrected chi connectivity index (χ4v) is 3.29. The van der Waals surface area contributed by atoms with E-state index in [9.17, 15) is 23.2 Å². The monoisotopic (exact) mass is 394 g/mol. The molecule has 0 unspecified atom stereocenters. The SMILES string of the molecule is CC[C@]1(C)NC(=O)N(CC(=O)Nc2nc(-c3ccc(F)c(F)c3)cs2)C1=O. The Kier molecular flexibility index (Phi) is 4.92. The van der Waals surface area contributed by atoms with Crippen molar-refractivity contribution in [2.45, 2.75) is 25.8 Å². The van der Waals surface area contributed by atoms with Crippen molar-refractivity contribution in [3.63, 3.8) is 0 Å². The highest BCUT2D eigenvalue weighted by Crippen LogP contribution is 2.26. The molecule has 3 rings (SSSR count). The Bertz CT molecular complexity index is 933. The molecule has 2 N–H and O–H groups in total. The van der Waals surface area contributed by atoms with Gasteiger partial charge in [0.05, 0.1) is 5.69 Å². The van der Waals surface area contributed by atoms with Crippen molar-refractivity contribution < 1.29 is 23.2 Å². The lowest BCUT2D eigenvalue weighted by molar-refractivity contribution is -0.133. The Morgan fingerprint density at radius 1 is 1.33 bits per heavy atom. The number of nitrogens with one attached hydrogen (secondary N) is 2. The number of hydrogen-bond acceptors (Lipinski definition) is 5. The van der Waals surface area contributed by atoms with Crippen molar-refractivity contribution in [1.29, 1.82) is 0 Å². The summed E-state index contributed by atoms with van der Waals surface area (Å²) in [6, 6.07) is 2.75. The van der Waals surface area contributed by atoms with Crippen LogP contribution in [0.1, 0.15) is 20.3 Å². The molecule has 0 radical (unpaired) electrons. The maximum absolute atomic E-state index is 13.3. The number of halogens is 2. The summed E-state index contributed by atoms with van der Waals surface area (Å²) in [4.78, 5) is 41.4. The predicted octanol–water partition coefficient (Wildman–Crippen LogP) is 2.75. The molecule has 1 atom stereocenters. The third kappa shape index (κ3) is 3.65. The maximum Gasteiger partial charge on any atom is 0.325 e. The molecule has 142 valence electrons. The van der Waals surface area contributed by atoms with E-state index >= 15 is 0 Å². The van der Waals surface area contributed by atoms with Gasteiger partial charge in [-0.15, -0.1) is 11.3 Å². The van der Waals surface area contributed by atoms with Crippen LogP contribution in [0.4, 0.5) is 18.7 Å². The molecule has 2 aromatic rings. The van der Waals surface area contributed by atoms with Crippen molar-refractivity contribution >= 4 is 34.3 Å². The van der Waals surface area contributed by atoms with E-state index in [-0.39, 0.29) is 5.13 Å². The van der Waals surface area contributed by atoms with Crippen molar-refractivity contribution in [2.24, 2.45) is 0 Å². The van der Waals surface area contributed by atoms with Gasteiger partial charge in [0.15, 0.2) is 16.8 Å². The molecule has 0 bridgehead atoms. The van der Waals surface area contributed by atoms with Crippen LogP contribution in [0.3, 0.4) is 0 Å². The van der Waals surface area contributed by atoms with E-state index in [2.05, 4.69) is 15.6 Å². The van der Waals surface area contributed by atoms with Gasteiger partial charge in [0, 0.05) is 10.9 Å². The van der Waals surface area contributed by atoms with Crippen molar-refractivity contribution in [3.8, 4) is 11.3 Å². The second kappa shape index (κ2) is 7.03. The summed E-state index contributed by atoms with van der Waals surface area (Å²) in [5, 5.41) is 6.85. The lowest BCUT2D eigenvalue weighted by atomic mass is 9.99. The Balaban J connectivity index is 1.67. The third-order valence-electron chi connectivity index (χ3n) is 4.32. The van der Waals surface area contributed by atoms with E-state index in [1.165, 1.54) is 6.07 Å². The van der Waals surface area contributed by atoms with Gasteiger partial charge in [-0.05, 0) is 31.5 Å². The van der Waals surface area contributed by atoms with Gasteiger partial charge < -0.3 is 10.6 Å². The van der Waals surface area contributed by atoms with Crippen LogP contribution in [0.2, 0.25) is 0 Å². The Morgan fingerprint density at radius 2 is 2.07 bits per heavy atom. The van der Waals surface area contributed by atoms with Gasteiger partial charge in [0.25, 0.3) is 5.91 Å². The minimum atomic E-state index is -1.02. The predicted molar refractivity (Wildman–Crippen MR) is 95.0 cm³/mol. The molecule has 0 spiro atoms. The van der Waals surface area contributed by atoms with Crippen molar-refractivity contribution in [1.82, 2.24) is 15.2 Å². The van der Waals surface area contributed by atoms with Crippen LogP contribution in [-0.2, 0) is 9.59 Å². The summed E-state index contributed by atoms with van der Waals surface area (Å²) >= 11 is 1.08. The summed E-state index contributed by atoms with van der Waals surface area (Å²) in [5.74, 6) is -3.02. The quantitative estimate of drug-likeness (QED) is 0.763. The molecule has 7 nitrogen and oxygen atoms in total. The minimum absolute atomic E-state index is 0.213. The zero-order valence-electron chi connectivity index (χ0n) is 14.5. The lowest BCUT2D eigenvalue weighted by Crippen LogP contribution is -2.44. The number of aromatic nitrogens is 1. The number of rotatable bonds is 5. The molecule has 1 aliphatic rings. The minimum Gasteiger partial charge on any atom is -0.323 e. The van der Waals surface area contributed by atoms with E-state index in [0.717, 1.165) is 28.4 Å². The number of imide groups is 1. The Hall–Kier alpha value is -2.88. The molecule has 1 aromatic heterocycles. The zero-order chi connectivity index (χ0) is 19.8. The van der Waals surface area contributed by atoms with Crippen molar-refractivity contribution in [2.75, 3.05) is 11.9 Å². The second-order valence-corrected chi connectivity index (χ2v) is 7.08. The van der Waals surface area contributed by atoms with Crippen LogP contribution >= 0.6 is 11.3 Å². The van der Waals surface area contributed by atoms with Gasteiger partial charge in [-0.3, -0.25) is 14.5 Å². The smallest absolute Gasteiger partial charge is 0.323 e. The van der Waals surface area contributed by atoms with Gasteiger partial charge in [0.2, 0.25) is 5.91 Å². The maximum atomic E-state index is 13.3. The number of amides is 4. The molecular weight excluding hydrogens is 378 g/mol. The molecule has 1 saturated heterocycles. The molecule has 1 fully saturated rings. The average Bonchev–Trinajstić information content (AvgIpc) is 3.16. The lowest BCUT2D eigenvalue weighted by Gasteiger charge is -2.18. The van der Waals surface area contributed by atoms with Gasteiger partial charge >= 0.3 is 6.03 Å². The number of nitrogens with zero attached hydrogens (tertiary/aromatic N) is 2. The summed E-state index contributed by atoms with van der Waals surface area (Å²) < 4.78 is 26.3. The van der Waals surface area contributed by atoms with E-state index < -0.39 is 41.6 Å². The molecule has 0 saturated carbocycles. The highest BCUT2D eigenvalue weighted by atomic mass is 32.1. The highest BCUT2D eigenvalue weighted by molar-refractivity contribution is 7.14. The third-order valence-corrected chi connectivity index (χ3v) is 5.08. The fourth-order valence-electron chi connectivity index (χ4n) is 2.55. The molecule has 2 heterocycles. The number of thiazole rings is 1. The van der Waals surface area contributed by atoms with Crippen LogP contribution < -0.4 is 10.6 Å². The molecular formula is C17H16F2N4O3S. The van der Waals surface area contributed by atoms with Crippen LogP contribution in [0.5, 0.6) is 0 Å². The molecule has 1 aromatic carbocycles. The number of urea groups is 1. The number of hydrogen-bond donors (Lipinski definition) is 2. The largest absolute Gasteiger partial charge is 0.325 e. The van der Waals surface area contributed by atoms with E-state index in [1.54, 1.807) is 19.2 Å².